The Bertz CT molecular complexity index is 856. The van der Waals surface area contributed by atoms with E-state index in [9.17, 15) is 4.79 Å². The highest BCUT2D eigenvalue weighted by atomic mass is 32.2. The lowest BCUT2D eigenvalue weighted by Crippen LogP contribution is -2.28. The van der Waals surface area contributed by atoms with Crippen molar-refractivity contribution in [3.63, 3.8) is 0 Å². The number of amides is 1. The molecule has 32 heavy (non-hydrogen) atoms. The second-order valence-electron chi connectivity index (χ2n) is 7.49. The molecule has 0 atom stereocenters. The topological polar surface area (TPSA) is 70.6 Å². The van der Waals surface area contributed by atoms with Crippen molar-refractivity contribution in [1.29, 1.82) is 0 Å². The van der Waals surface area contributed by atoms with Gasteiger partial charge in [0.15, 0.2) is 5.82 Å². The van der Waals surface area contributed by atoms with Gasteiger partial charge in [0.1, 0.15) is 22.3 Å². The lowest BCUT2D eigenvalue weighted by atomic mass is 10.2. The third-order valence-electron chi connectivity index (χ3n) is 5.25. The minimum Gasteiger partial charge on any atom is -0.497 e. The predicted octanol–water partition coefficient (Wildman–Crippen LogP) is 5.00. The number of carbonyl (C=O) groups is 1. The molecule has 2 aromatic rings. The summed E-state index contributed by atoms with van der Waals surface area (Å²) in [6.07, 6.45) is 4.22. The van der Waals surface area contributed by atoms with E-state index in [1.54, 1.807) is 7.11 Å². The Kier molecular flexibility index (Phi) is 10.6. The quantitative estimate of drug-likeness (QED) is 0.334. The van der Waals surface area contributed by atoms with Crippen molar-refractivity contribution in [2.75, 3.05) is 54.7 Å². The Morgan fingerprint density at radius 2 is 1.75 bits per heavy atom. The van der Waals surface area contributed by atoms with E-state index in [1.165, 1.54) is 11.8 Å². The van der Waals surface area contributed by atoms with Crippen LogP contribution in [-0.2, 0) is 4.79 Å². The maximum Gasteiger partial charge on any atom is 0.224 e. The Labute approximate surface area is 197 Å². The zero-order chi connectivity index (χ0) is 23.5. The number of aromatic nitrogens is 2. The summed E-state index contributed by atoms with van der Waals surface area (Å²) in [6.45, 7) is 11.6. The highest BCUT2D eigenvalue weighted by Gasteiger charge is 2.19. The molecule has 8 heteroatoms. The molecule has 1 heterocycles. The number of methoxy groups -OCH3 is 1. The molecule has 0 saturated carbocycles. The van der Waals surface area contributed by atoms with Gasteiger partial charge in [-0.3, -0.25) is 4.79 Å². The second-order valence-corrected chi connectivity index (χ2v) is 8.28. The molecule has 2 rings (SSSR count). The number of aryl methyl sites for hydroxylation is 1. The van der Waals surface area contributed by atoms with E-state index >= 15 is 0 Å². The average molecular weight is 460 g/mol. The van der Waals surface area contributed by atoms with Crippen molar-refractivity contribution >= 4 is 34.9 Å². The number of thioether (sulfide) groups is 1. The van der Waals surface area contributed by atoms with Gasteiger partial charge in [-0.1, -0.05) is 6.92 Å². The van der Waals surface area contributed by atoms with Crippen LogP contribution in [0.4, 0.5) is 17.2 Å². The summed E-state index contributed by atoms with van der Waals surface area (Å²) in [7, 11) is 1.67. The van der Waals surface area contributed by atoms with Gasteiger partial charge in [0.2, 0.25) is 5.91 Å². The largest absolute Gasteiger partial charge is 0.497 e. The number of ether oxygens (including phenoxy) is 1. The molecular weight excluding hydrogens is 422 g/mol. The average Bonchev–Trinajstić information content (AvgIpc) is 2.80. The maximum absolute atomic E-state index is 12.8. The van der Waals surface area contributed by atoms with E-state index in [4.69, 9.17) is 4.74 Å². The number of hydrogen-bond acceptors (Lipinski definition) is 7. The number of nitrogens with one attached hydrogen (secondary N) is 1. The van der Waals surface area contributed by atoms with Crippen LogP contribution in [0.1, 0.15) is 45.9 Å². The number of benzene rings is 1. The van der Waals surface area contributed by atoms with E-state index in [0.29, 0.717) is 12.2 Å². The van der Waals surface area contributed by atoms with Crippen LogP contribution in [0, 0.1) is 6.92 Å². The SMILES string of the molecule is CCCN(CCCC(=O)Nc1c(SC)nc(C)nc1N(CC)CC)c1ccc(OC)cc1. The van der Waals surface area contributed by atoms with Crippen LogP contribution in [0.2, 0.25) is 0 Å². The van der Waals surface area contributed by atoms with Gasteiger partial charge in [-0.25, -0.2) is 9.97 Å². The summed E-state index contributed by atoms with van der Waals surface area (Å²) in [5.74, 6) is 2.35. The maximum atomic E-state index is 12.8. The van der Waals surface area contributed by atoms with Crippen molar-refractivity contribution in [3.05, 3.63) is 30.1 Å². The molecule has 0 bridgehead atoms. The number of nitrogens with zero attached hydrogens (tertiary/aromatic N) is 4. The fourth-order valence-corrected chi connectivity index (χ4v) is 4.18. The molecule has 0 aliphatic rings. The number of hydrogen-bond donors (Lipinski definition) is 1. The van der Waals surface area contributed by atoms with E-state index < -0.39 is 0 Å². The van der Waals surface area contributed by atoms with Crippen molar-refractivity contribution in [3.8, 4) is 5.75 Å². The van der Waals surface area contributed by atoms with Crippen LogP contribution in [0.15, 0.2) is 29.3 Å². The summed E-state index contributed by atoms with van der Waals surface area (Å²) in [5, 5.41) is 3.91. The molecule has 7 nitrogen and oxygen atoms in total. The molecule has 1 amide bonds. The molecular formula is C24H37N5O2S. The zero-order valence-corrected chi connectivity index (χ0v) is 21.1. The van der Waals surface area contributed by atoms with Crippen LogP contribution < -0.4 is 19.9 Å². The van der Waals surface area contributed by atoms with Gasteiger partial charge in [0.05, 0.1) is 7.11 Å². The molecule has 0 unspecified atom stereocenters. The fraction of sp³-hybridized carbons (Fsp3) is 0.542. The molecule has 0 aliphatic carbocycles. The van der Waals surface area contributed by atoms with Crippen LogP contribution in [0.25, 0.3) is 0 Å². The molecule has 0 spiro atoms. The summed E-state index contributed by atoms with van der Waals surface area (Å²) in [6, 6.07) is 8.08. The van der Waals surface area contributed by atoms with Gasteiger partial charge in [0.25, 0.3) is 0 Å². The lowest BCUT2D eigenvalue weighted by Gasteiger charge is -2.25. The first-order valence-corrected chi connectivity index (χ1v) is 12.6. The van der Waals surface area contributed by atoms with Crippen molar-refractivity contribution in [1.82, 2.24) is 9.97 Å². The molecule has 0 saturated heterocycles. The van der Waals surface area contributed by atoms with Gasteiger partial charge in [0, 0.05) is 38.3 Å². The van der Waals surface area contributed by atoms with Gasteiger partial charge < -0.3 is 19.9 Å². The molecule has 0 radical (unpaired) electrons. The molecule has 1 aromatic carbocycles. The number of anilines is 3. The first-order chi connectivity index (χ1) is 15.5. The highest BCUT2D eigenvalue weighted by Crippen LogP contribution is 2.32. The monoisotopic (exact) mass is 459 g/mol. The third-order valence-corrected chi connectivity index (χ3v) is 5.93. The van der Waals surface area contributed by atoms with Crippen LogP contribution in [-0.4, -0.2) is 55.4 Å². The fourth-order valence-electron chi connectivity index (χ4n) is 3.61. The van der Waals surface area contributed by atoms with Crippen LogP contribution in [0.5, 0.6) is 5.75 Å². The van der Waals surface area contributed by atoms with Gasteiger partial charge in [-0.2, -0.15) is 0 Å². The third kappa shape index (κ3) is 7.02. The molecule has 176 valence electrons. The van der Waals surface area contributed by atoms with Crippen molar-refractivity contribution < 1.29 is 9.53 Å². The Balaban J connectivity index is 2.06. The zero-order valence-electron chi connectivity index (χ0n) is 20.3. The molecule has 1 N–H and O–H groups in total. The summed E-state index contributed by atoms with van der Waals surface area (Å²) >= 11 is 1.53. The van der Waals surface area contributed by atoms with Crippen molar-refractivity contribution in [2.24, 2.45) is 0 Å². The minimum absolute atomic E-state index is 0.00709. The smallest absolute Gasteiger partial charge is 0.224 e. The first kappa shape index (κ1) is 25.8. The summed E-state index contributed by atoms with van der Waals surface area (Å²) in [4.78, 5) is 26.5. The Morgan fingerprint density at radius 3 is 2.31 bits per heavy atom. The van der Waals surface area contributed by atoms with Crippen molar-refractivity contribution in [2.45, 2.75) is 52.0 Å². The first-order valence-electron chi connectivity index (χ1n) is 11.3. The van der Waals surface area contributed by atoms with E-state index in [0.717, 1.165) is 67.0 Å². The summed E-state index contributed by atoms with van der Waals surface area (Å²) in [5.41, 5.74) is 1.87. The van der Waals surface area contributed by atoms with Crippen LogP contribution >= 0.6 is 11.8 Å². The lowest BCUT2D eigenvalue weighted by molar-refractivity contribution is -0.116. The Hall–Kier alpha value is -2.48. The molecule has 1 aromatic heterocycles. The Morgan fingerprint density at radius 1 is 1.06 bits per heavy atom. The summed E-state index contributed by atoms with van der Waals surface area (Å²) < 4.78 is 5.26. The second kappa shape index (κ2) is 13.2. The standard InChI is InChI=1S/C24H37N5O2S/c1-7-16-29(19-12-14-20(31-5)15-13-19)17-10-11-21(30)27-22-23(28(8-2)9-3)25-18(4)26-24(22)32-6/h12-15H,7-11,16-17H2,1-6H3,(H,27,30). The molecule has 0 fully saturated rings. The van der Waals surface area contributed by atoms with Gasteiger partial charge >= 0.3 is 0 Å². The van der Waals surface area contributed by atoms with E-state index in [-0.39, 0.29) is 5.91 Å². The van der Waals surface area contributed by atoms with Gasteiger partial charge in [-0.05, 0) is 64.1 Å². The molecule has 0 aliphatic heterocycles. The number of carbonyl (C=O) groups excluding carboxylic acids is 1. The van der Waals surface area contributed by atoms with Gasteiger partial charge in [-0.15, -0.1) is 11.8 Å². The highest BCUT2D eigenvalue weighted by molar-refractivity contribution is 7.98. The van der Waals surface area contributed by atoms with E-state index in [2.05, 4.69) is 58.0 Å². The normalized spacial score (nSPS) is 10.7. The minimum atomic E-state index is -0.00709. The van der Waals surface area contributed by atoms with Crippen LogP contribution in [0.3, 0.4) is 0 Å². The predicted molar refractivity (Wildman–Crippen MR) is 135 cm³/mol. The number of rotatable bonds is 13. The van der Waals surface area contributed by atoms with E-state index in [1.807, 2.05) is 25.3 Å².